The van der Waals surface area contributed by atoms with Crippen LogP contribution in [0, 0.1) is 6.92 Å². The average Bonchev–Trinajstić information content (AvgIpc) is 2.84. The fraction of sp³-hybridized carbons (Fsp3) is 0.160. The molecule has 9 heteroatoms. The Morgan fingerprint density at radius 1 is 1.00 bits per heavy atom. The molecular formula is C25H25ClN4O4. The van der Waals surface area contributed by atoms with Crippen molar-refractivity contribution in [3.8, 4) is 11.5 Å². The van der Waals surface area contributed by atoms with Crippen molar-refractivity contribution < 1.29 is 19.1 Å². The van der Waals surface area contributed by atoms with Crippen LogP contribution in [-0.2, 0) is 9.59 Å². The highest BCUT2D eigenvalue weighted by Gasteiger charge is 2.10. The molecule has 0 fully saturated rings. The lowest BCUT2D eigenvalue weighted by Gasteiger charge is -2.12. The molecule has 0 saturated heterocycles. The monoisotopic (exact) mass is 480 g/mol. The molecule has 0 bridgehead atoms. The summed E-state index contributed by atoms with van der Waals surface area (Å²) in [4.78, 5) is 24.1. The molecule has 176 valence electrons. The van der Waals surface area contributed by atoms with Gasteiger partial charge in [0.1, 0.15) is 0 Å². The molecule has 3 N–H and O–H groups in total. The molecule has 0 aliphatic heterocycles. The van der Waals surface area contributed by atoms with Crippen LogP contribution in [-0.4, -0.2) is 38.3 Å². The van der Waals surface area contributed by atoms with Crippen LogP contribution in [0.2, 0.25) is 5.02 Å². The number of methoxy groups -OCH3 is 1. The maximum absolute atomic E-state index is 12.2. The van der Waals surface area contributed by atoms with Crippen LogP contribution in [0.1, 0.15) is 11.1 Å². The van der Waals surface area contributed by atoms with E-state index in [0.29, 0.717) is 27.8 Å². The number of halogens is 1. The zero-order chi connectivity index (χ0) is 24.3. The van der Waals surface area contributed by atoms with Gasteiger partial charge in [0.15, 0.2) is 18.1 Å². The molecule has 0 aliphatic carbocycles. The molecular weight excluding hydrogens is 456 g/mol. The Morgan fingerprint density at radius 3 is 2.50 bits per heavy atom. The largest absolute Gasteiger partial charge is 0.493 e. The van der Waals surface area contributed by atoms with Crippen LogP contribution in [0.25, 0.3) is 0 Å². The third-order valence-electron chi connectivity index (χ3n) is 4.60. The van der Waals surface area contributed by atoms with E-state index >= 15 is 0 Å². The van der Waals surface area contributed by atoms with Crippen molar-refractivity contribution in [2.75, 3.05) is 30.9 Å². The van der Waals surface area contributed by atoms with Crippen molar-refractivity contribution in [2.45, 2.75) is 6.92 Å². The van der Waals surface area contributed by atoms with Crippen molar-refractivity contribution in [1.29, 1.82) is 0 Å². The van der Waals surface area contributed by atoms with Gasteiger partial charge >= 0.3 is 0 Å². The quantitative estimate of drug-likeness (QED) is 0.297. The predicted octanol–water partition coefficient (Wildman–Crippen LogP) is 4.24. The van der Waals surface area contributed by atoms with Gasteiger partial charge in [0.05, 0.1) is 30.6 Å². The molecule has 3 rings (SSSR count). The second-order valence-corrected chi connectivity index (χ2v) is 7.65. The highest BCUT2D eigenvalue weighted by Crippen LogP contribution is 2.27. The van der Waals surface area contributed by atoms with Crippen molar-refractivity contribution in [3.63, 3.8) is 0 Å². The number of carbonyl (C=O) groups is 2. The van der Waals surface area contributed by atoms with Crippen molar-refractivity contribution in [2.24, 2.45) is 5.10 Å². The molecule has 3 aromatic rings. The van der Waals surface area contributed by atoms with E-state index < -0.39 is 0 Å². The molecule has 0 spiro atoms. The van der Waals surface area contributed by atoms with Gasteiger partial charge in [0.25, 0.3) is 11.8 Å². The van der Waals surface area contributed by atoms with E-state index in [1.54, 1.807) is 42.5 Å². The Balaban J connectivity index is 1.49. The van der Waals surface area contributed by atoms with E-state index in [-0.39, 0.29) is 25.0 Å². The molecule has 0 unspecified atom stereocenters. The molecule has 34 heavy (non-hydrogen) atoms. The standard InChI is InChI=1S/C25H25ClN4O4/c1-17-7-10-19(11-8-17)27-15-24(31)30-28-14-18-9-12-22(23(13-18)33-2)34-16-25(32)29-21-6-4-3-5-20(21)26/h3-14,27H,15-16H2,1-2H3,(H,29,32)(H,30,31)/b28-14+. The molecule has 0 aromatic heterocycles. The second kappa shape index (κ2) is 12.3. The highest BCUT2D eigenvalue weighted by atomic mass is 35.5. The van der Waals surface area contributed by atoms with E-state index in [1.165, 1.54) is 13.3 Å². The molecule has 0 atom stereocenters. The van der Waals surface area contributed by atoms with Gasteiger partial charge in [-0.3, -0.25) is 9.59 Å². The van der Waals surface area contributed by atoms with Gasteiger partial charge in [0, 0.05) is 5.69 Å². The summed E-state index contributed by atoms with van der Waals surface area (Å²) >= 11 is 6.04. The summed E-state index contributed by atoms with van der Waals surface area (Å²) in [6.07, 6.45) is 1.49. The first-order valence-electron chi connectivity index (χ1n) is 10.4. The average molecular weight is 481 g/mol. The van der Waals surface area contributed by atoms with Gasteiger partial charge in [-0.15, -0.1) is 0 Å². The van der Waals surface area contributed by atoms with Crippen LogP contribution in [0.15, 0.2) is 71.8 Å². The molecule has 0 radical (unpaired) electrons. The van der Waals surface area contributed by atoms with Crippen LogP contribution in [0.5, 0.6) is 11.5 Å². The van der Waals surface area contributed by atoms with Crippen LogP contribution < -0.4 is 25.5 Å². The number of anilines is 2. The smallest absolute Gasteiger partial charge is 0.262 e. The molecule has 0 saturated carbocycles. The first-order valence-corrected chi connectivity index (χ1v) is 10.8. The zero-order valence-electron chi connectivity index (χ0n) is 18.8. The van der Waals surface area contributed by atoms with E-state index in [0.717, 1.165) is 11.3 Å². The maximum atomic E-state index is 12.2. The predicted molar refractivity (Wildman–Crippen MR) is 134 cm³/mol. The molecule has 0 heterocycles. The van der Waals surface area contributed by atoms with E-state index in [4.69, 9.17) is 21.1 Å². The third kappa shape index (κ3) is 7.53. The molecule has 3 aromatic carbocycles. The first kappa shape index (κ1) is 24.6. The van der Waals surface area contributed by atoms with Crippen molar-refractivity contribution in [1.82, 2.24) is 5.43 Å². The molecule has 2 amide bonds. The van der Waals surface area contributed by atoms with Crippen LogP contribution >= 0.6 is 11.6 Å². The summed E-state index contributed by atoms with van der Waals surface area (Å²) in [7, 11) is 1.49. The fourth-order valence-electron chi connectivity index (χ4n) is 2.85. The lowest BCUT2D eigenvalue weighted by atomic mass is 10.2. The van der Waals surface area contributed by atoms with Gasteiger partial charge in [0.2, 0.25) is 0 Å². The Kier molecular flexibility index (Phi) is 8.88. The SMILES string of the molecule is COc1cc(/C=N/NC(=O)CNc2ccc(C)cc2)ccc1OCC(=O)Nc1ccccc1Cl. The number of hydrogen-bond donors (Lipinski definition) is 3. The summed E-state index contributed by atoms with van der Waals surface area (Å²) in [5, 5.41) is 10.1. The topological polar surface area (TPSA) is 101 Å². The Bertz CT molecular complexity index is 1170. The second-order valence-electron chi connectivity index (χ2n) is 7.24. The van der Waals surface area contributed by atoms with E-state index in [9.17, 15) is 9.59 Å². The Morgan fingerprint density at radius 2 is 1.76 bits per heavy atom. The lowest BCUT2D eigenvalue weighted by molar-refractivity contribution is -0.119. The van der Waals surface area contributed by atoms with Gasteiger partial charge in [-0.2, -0.15) is 5.10 Å². The van der Waals surface area contributed by atoms with Gasteiger partial charge in [-0.25, -0.2) is 5.43 Å². The van der Waals surface area contributed by atoms with E-state index in [1.807, 2.05) is 31.2 Å². The summed E-state index contributed by atoms with van der Waals surface area (Å²) in [6, 6.07) is 19.7. The summed E-state index contributed by atoms with van der Waals surface area (Å²) in [5.74, 6) is 0.165. The molecule has 8 nitrogen and oxygen atoms in total. The number of ether oxygens (including phenoxy) is 2. The van der Waals surface area contributed by atoms with Gasteiger partial charge in [-0.05, 0) is 55.0 Å². The van der Waals surface area contributed by atoms with Gasteiger partial charge in [-0.1, -0.05) is 41.4 Å². The minimum atomic E-state index is -0.359. The number of hydrogen-bond acceptors (Lipinski definition) is 6. The number of nitrogens with zero attached hydrogens (tertiary/aromatic N) is 1. The summed E-state index contributed by atoms with van der Waals surface area (Å²) in [5.41, 5.74) is 5.65. The highest BCUT2D eigenvalue weighted by molar-refractivity contribution is 6.33. The minimum absolute atomic E-state index is 0.0900. The normalized spacial score (nSPS) is 10.6. The number of hydrazone groups is 1. The summed E-state index contributed by atoms with van der Waals surface area (Å²) < 4.78 is 10.9. The number of amides is 2. The van der Waals surface area contributed by atoms with E-state index in [2.05, 4.69) is 21.2 Å². The number of para-hydroxylation sites is 1. The number of benzene rings is 3. The Labute approximate surface area is 202 Å². The van der Waals surface area contributed by atoms with Crippen molar-refractivity contribution >= 4 is 41.0 Å². The summed E-state index contributed by atoms with van der Waals surface area (Å²) in [6.45, 7) is 1.86. The number of nitrogens with one attached hydrogen (secondary N) is 3. The van der Waals surface area contributed by atoms with Gasteiger partial charge < -0.3 is 20.1 Å². The van der Waals surface area contributed by atoms with Crippen LogP contribution in [0.3, 0.4) is 0 Å². The Hall–Kier alpha value is -4.04. The minimum Gasteiger partial charge on any atom is -0.493 e. The number of rotatable bonds is 10. The fourth-order valence-corrected chi connectivity index (χ4v) is 3.03. The van der Waals surface area contributed by atoms with Crippen molar-refractivity contribution in [3.05, 3.63) is 82.9 Å². The molecule has 0 aliphatic rings. The number of aryl methyl sites for hydroxylation is 1. The van der Waals surface area contributed by atoms with Crippen LogP contribution in [0.4, 0.5) is 11.4 Å². The number of carbonyl (C=O) groups excluding carboxylic acids is 2. The zero-order valence-corrected chi connectivity index (χ0v) is 19.6. The lowest BCUT2D eigenvalue weighted by Crippen LogP contribution is -2.25. The third-order valence-corrected chi connectivity index (χ3v) is 4.93. The maximum Gasteiger partial charge on any atom is 0.262 e. The first-order chi connectivity index (χ1) is 16.4.